The Morgan fingerprint density at radius 2 is 1.65 bits per heavy atom. The molecule has 3 rings (SSSR count). The van der Waals surface area contributed by atoms with Crippen molar-refractivity contribution >= 4 is 5.57 Å². The van der Waals surface area contributed by atoms with Crippen molar-refractivity contribution in [3.8, 4) is 0 Å². The molecule has 2 aliphatic carbocycles. The second-order valence-corrected chi connectivity index (χ2v) is 8.64. The average Bonchev–Trinajstić information content (AvgIpc) is 2.70. The normalized spacial score (nSPS) is 25.9. The minimum atomic E-state index is 0.787. The van der Waals surface area contributed by atoms with Crippen molar-refractivity contribution in [3.05, 3.63) is 53.6 Å². The van der Waals surface area contributed by atoms with Crippen molar-refractivity contribution in [2.75, 3.05) is 0 Å². The maximum absolute atomic E-state index is 2.52. The maximum atomic E-state index is 2.52. The van der Waals surface area contributed by atoms with Gasteiger partial charge in [0.1, 0.15) is 0 Å². The Kier molecular flexibility index (Phi) is 7.59. The smallest absolute Gasteiger partial charge is 0.0167 e. The Hall–Kier alpha value is -1.30. The molecule has 0 heterocycles. The van der Waals surface area contributed by atoms with E-state index in [1.54, 1.807) is 0 Å². The summed E-state index contributed by atoms with van der Waals surface area (Å²) in [7, 11) is 0. The number of rotatable bonds is 8. The fraction of sp³-hybridized carbons (Fsp3) is 0.615. The summed E-state index contributed by atoms with van der Waals surface area (Å²) in [6.07, 6.45) is 22.5. The first-order valence-corrected chi connectivity index (χ1v) is 11.3. The zero-order valence-electron chi connectivity index (χ0n) is 17.1. The third kappa shape index (κ3) is 5.35. The van der Waals surface area contributed by atoms with E-state index in [1.165, 1.54) is 87.3 Å². The molecule has 0 amide bonds. The molecular formula is C26H38. The molecule has 2 aliphatic rings. The van der Waals surface area contributed by atoms with E-state index in [4.69, 9.17) is 0 Å². The van der Waals surface area contributed by atoms with Crippen LogP contribution in [0.15, 0.2) is 42.5 Å². The van der Waals surface area contributed by atoms with Crippen LogP contribution in [0.25, 0.3) is 5.57 Å². The first kappa shape index (κ1) is 19.5. The second-order valence-electron chi connectivity index (χ2n) is 8.64. The molecule has 1 fully saturated rings. The number of allylic oxidation sites excluding steroid dienone is 4. The van der Waals surface area contributed by atoms with Gasteiger partial charge in [-0.25, -0.2) is 0 Å². The highest BCUT2D eigenvalue weighted by Crippen LogP contribution is 2.39. The van der Waals surface area contributed by atoms with Gasteiger partial charge in [0.05, 0.1) is 0 Å². The molecule has 26 heavy (non-hydrogen) atoms. The highest BCUT2D eigenvalue weighted by molar-refractivity contribution is 5.75. The highest BCUT2D eigenvalue weighted by atomic mass is 14.3. The molecule has 0 radical (unpaired) electrons. The zero-order chi connectivity index (χ0) is 18.2. The largest absolute Gasteiger partial charge is 0.0802 e. The third-order valence-electron chi connectivity index (χ3n) is 6.68. The summed E-state index contributed by atoms with van der Waals surface area (Å²) in [5.41, 5.74) is 4.32. The van der Waals surface area contributed by atoms with Crippen molar-refractivity contribution in [1.29, 1.82) is 0 Å². The molecule has 0 aliphatic heterocycles. The van der Waals surface area contributed by atoms with Crippen LogP contribution in [0.4, 0.5) is 0 Å². The van der Waals surface area contributed by atoms with Crippen LogP contribution in [0.1, 0.15) is 89.2 Å². The molecule has 0 heteroatoms. The lowest BCUT2D eigenvalue weighted by Crippen LogP contribution is -2.21. The average molecular weight is 351 g/mol. The molecule has 0 nitrogen and oxygen atoms in total. The van der Waals surface area contributed by atoms with Gasteiger partial charge in [-0.1, -0.05) is 94.9 Å². The summed E-state index contributed by atoms with van der Waals surface area (Å²) in [4.78, 5) is 0. The van der Waals surface area contributed by atoms with Gasteiger partial charge in [-0.05, 0) is 66.6 Å². The zero-order valence-corrected chi connectivity index (χ0v) is 17.1. The lowest BCUT2D eigenvalue weighted by Gasteiger charge is -2.33. The van der Waals surface area contributed by atoms with Crippen LogP contribution in [0.2, 0.25) is 0 Å². The topological polar surface area (TPSA) is 0 Å². The van der Waals surface area contributed by atoms with Crippen molar-refractivity contribution in [2.24, 2.45) is 17.8 Å². The van der Waals surface area contributed by atoms with E-state index >= 15 is 0 Å². The minimum Gasteiger partial charge on any atom is -0.0802 e. The lowest BCUT2D eigenvalue weighted by molar-refractivity contribution is 0.221. The molecular weight excluding hydrogens is 312 g/mol. The van der Waals surface area contributed by atoms with Gasteiger partial charge in [-0.15, -0.1) is 0 Å². The molecule has 0 saturated heterocycles. The van der Waals surface area contributed by atoms with E-state index in [-0.39, 0.29) is 0 Å². The van der Waals surface area contributed by atoms with Gasteiger partial charge in [-0.3, -0.25) is 0 Å². The van der Waals surface area contributed by atoms with E-state index < -0.39 is 0 Å². The van der Waals surface area contributed by atoms with Crippen molar-refractivity contribution in [3.63, 3.8) is 0 Å². The van der Waals surface area contributed by atoms with Crippen molar-refractivity contribution < 1.29 is 0 Å². The fourth-order valence-electron chi connectivity index (χ4n) is 4.96. The Morgan fingerprint density at radius 1 is 0.885 bits per heavy atom. The summed E-state index contributed by atoms with van der Waals surface area (Å²) in [6, 6.07) is 9.32. The van der Waals surface area contributed by atoms with E-state index in [2.05, 4.69) is 56.3 Å². The van der Waals surface area contributed by atoms with Crippen LogP contribution in [-0.4, -0.2) is 0 Å². The molecule has 1 atom stereocenters. The van der Waals surface area contributed by atoms with Crippen LogP contribution in [0.5, 0.6) is 0 Å². The Bertz CT molecular complexity index is 581. The summed E-state index contributed by atoms with van der Waals surface area (Å²) in [6.45, 7) is 4.61. The number of hydrogen-bond acceptors (Lipinski definition) is 0. The number of benzene rings is 1. The van der Waals surface area contributed by atoms with Crippen LogP contribution in [0, 0.1) is 17.8 Å². The SMILES string of the molecule is CCCCCc1ccc(C2=CCC(C3CCC(CCC)CC3)C=C2)cc1. The van der Waals surface area contributed by atoms with Crippen molar-refractivity contribution in [2.45, 2.75) is 84.5 Å². The molecule has 0 N–H and O–H groups in total. The highest BCUT2D eigenvalue weighted by Gasteiger charge is 2.26. The van der Waals surface area contributed by atoms with E-state index in [0.29, 0.717) is 0 Å². The van der Waals surface area contributed by atoms with Gasteiger partial charge in [0.25, 0.3) is 0 Å². The van der Waals surface area contributed by atoms with Crippen LogP contribution >= 0.6 is 0 Å². The Labute approximate surface area is 161 Å². The first-order valence-electron chi connectivity index (χ1n) is 11.3. The molecule has 0 bridgehead atoms. The second kappa shape index (κ2) is 10.1. The molecule has 142 valence electrons. The van der Waals surface area contributed by atoms with Crippen molar-refractivity contribution in [1.82, 2.24) is 0 Å². The standard InChI is InChI=1S/C26H38/c1-3-5-6-8-22-11-15-24(16-12-22)26-19-17-25(18-20-26)23-13-9-21(7-4-2)10-14-23/h11-12,15-17,19-21,23,25H,3-10,13-14,18H2,1-2H3. The van der Waals surface area contributed by atoms with Gasteiger partial charge >= 0.3 is 0 Å². The number of hydrogen-bond donors (Lipinski definition) is 0. The monoisotopic (exact) mass is 350 g/mol. The molecule has 0 aromatic heterocycles. The molecule has 0 spiro atoms. The van der Waals surface area contributed by atoms with E-state index in [1.807, 2.05) is 0 Å². The number of unbranched alkanes of at least 4 members (excludes halogenated alkanes) is 2. The summed E-state index contributed by atoms with van der Waals surface area (Å²) in [5.74, 6) is 2.73. The fourth-order valence-corrected chi connectivity index (χ4v) is 4.96. The first-order chi connectivity index (χ1) is 12.8. The van der Waals surface area contributed by atoms with Gasteiger partial charge in [0.2, 0.25) is 0 Å². The predicted molar refractivity (Wildman–Crippen MR) is 115 cm³/mol. The van der Waals surface area contributed by atoms with Gasteiger partial charge in [-0.2, -0.15) is 0 Å². The molecule has 1 aromatic carbocycles. The van der Waals surface area contributed by atoms with Crippen LogP contribution in [-0.2, 0) is 6.42 Å². The predicted octanol–water partition coefficient (Wildman–Crippen LogP) is 7.99. The molecule has 1 aromatic rings. The Balaban J connectivity index is 1.49. The van der Waals surface area contributed by atoms with E-state index in [9.17, 15) is 0 Å². The maximum Gasteiger partial charge on any atom is -0.0167 e. The quantitative estimate of drug-likeness (QED) is 0.417. The van der Waals surface area contributed by atoms with Gasteiger partial charge < -0.3 is 0 Å². The summed E-state index contributed by atoms with van der Waals surface area (Å²) >= 11 is 0. The molecule has 1 unspecified atom stereocenters. The minimum absolute atomic E-state index is 0.787. The van der Waals surface area contributed by atoms with Crippen LogP contribution in [0.3, 0.4) is 0 Å². The third-order valence-corrected chi connectivity index (χ3v) is 6.68. The molecule has 1 saturated carbocycles. The van der Waals surface area contributed by atoms with Gasteiger partial charge in [0, 0.05) is 0 Å². The van der Waals surface area contributed by atoms with Gasteiger partial charge in [0.15, 0.2) is 0 Å². The Morgan fingerprint density at radius 3 is 2.27 bits per heavy atom. The van der Waals surface area contributed by atoms with E-state index in [0.717, 1.165) is 17.8 Å². The van der Waals surface area contributed by atoms with Crippen LogP contribution < -0.4 is 0 Å². The summed E-state index contributed by atoms with van der Waals surface area (Å²) < 4.78 is 0. The lowest BCUT2D eigenvalue weighted by atomic mass is 9.72. The summed E-state index contributed by atoms with van der Waals surface area (Å²) in [5, 5.41) is 0. The number of aryl methyl sites for hydroxylation is 1.